The molecule has 1 amide bonds. The van der Waals surface area contributed by atoms with Crippen LogP contribution in [0.4, 0.5) is 13.2 Å². The number of rotatable bonds is 4. The quantitative estimate of drug-likeness (QED) is 0.704. The third-order valence-corrected chi connectivity index (χ3v) is 3.72. The van der Waals surface area contributed by atoms with Crippen molar-refractivity contribution in [3.05, 3.63) is 53.2 Å². The maximum Gasteiger partial charge on any atom is 0.406 e. The minimum Gasteiger partial charge on any atom is -0.335 e. The lowest BCUT2D eigenvalue weighted by Crippen LogP contribution is -2.39. The van der Waals surface area contributed by atoms with Crippen molar-refractivity contribution in [3.8, 4) is 5.95 Å². The van der Waals surface area contributed by atoms with Crippen molar-refractivity contribution in [2.75, 3.05) is 13.6 Å². The molecule has 0 aliphatic carbocycles. The van der Waals surface area contributed by atoms with Gasteiger partial charge in [0.1, 0.15) is 13.1 Å². The Morgan fingerprint density at radius 2 is 1.73 bits per heavy atom. The number of hydrogen-bond donors (Lipinski definition) is 0. The largest absolute Gasteiger partial charge is 0.406 e. The zero-order valence-corrected chi connectivity index (χ0v) is 13.6. The van der Waals surface area contributed by atoms with E-state index in [1.54, 1.807) is 30.3 Å². The maximum atomic E-state index is 12.8. The lowest BCUT2D eigenvalue weighted by molar-refractivity contribution is -0.158. The number of amides is 1. The van der Waals surface area contributed by atoms with Crippen molar-refractivity contribution in [2.45, 2.75) is 12.7 Å². The van der Waals surface area contributed by atoms with Crippen LogP contribution in [-0.4, -0.2) is 49.7 Å². The fraction of sp³-hybridized carbons (Fsp3) is 0.250. The smallest absolute Gasteiger partial charge is 0.335 e. The van der Waals surface area contributed by atoms with Crippen molar-refractivity contribution in [1.29, 1.82) is 0 Å². The van der Waals surface area contributed by atoms with Crippen LogP contribution in [0, 0.1) is 0 Å². The number of carbonyl (C=O) groups is 1. The van der Waals surface area contributed by atoms with Crippen molar-refractivity contribution in [3.63, 3.8) is 0 Å². The second kappa shape index (κ2) is 6.62. The molecule has 7 nitrogen and oxygen atoms in total. The predicted molar refractivity (Wildman–Crippen MR) is 86.8 cm³/mol. The van der Waals surface area contributed by atoms with Gasteiger partial charge >= 0.3 is 11.9 Å². The Morgan fingerprint density at radius 3 is 2.35 bits per heavy atom. The summed E-state index contributed by atoms with van der Waals surface area (Å²) in [6, 6.07) is 8.20. The van der Waals surface area contributed by atoms with E-state index in [-0.39, 0.29) is 5.95 Å². The summed E-state index contributed by atoms with van der Waals surface area (Å²) in [7, 11) is 1.04. The Labute approximate surface area is 145 Å². The number of halogens is 3. The van der Waals surface area contributed by atoms with E-state index < -0.39 is 30.9 Å². The highest BCUT2D eigenvalue weighted by atomic mass is 19.4. The summed E-state index contributed by atoms with van der Waals surface area (Å²) in [5, 5.41) is 0. The number of likely N-dealkylation sites (N-methyl/N-ethyl adjacent to an activating group) is 1. The topological polar surface area (TPSA) is 73.0 Å². The van der Waals surface area contributed by atoms with E-state index in [2.05, 4.69) is 9.97 Å². The van der Waals surface area contributed by atoms with Crippen LogP contribution in [0.5, 0.6) is 0 Å². The molecule has 2 heterocycles. The number of imidazole rings is 1. The highest BCUT2D eigenvalue weighted by Gasteiger charge is 2.31. The van der Waals surface area contributed by atoms with Crippen molar-refractivity contribution in [2.24, 2.45) is 0 Å². The van der Waals surface area contributed by atoms with Gasteiger partial charge in [-0.1, -0.05) is 12.1 Å². The first-order chi connectivity index (χ1) is 12.3. The monoisotopic (exact) mass is 365 g/mol. The highest BCUT2D eigenvalue weighted by Crippen LogP contribution is 2.17. The van der Waals surface area contributed by atoms with Crippen LogP contribution in [-0.2, 0) is 11.3 Å². The average molecular weight is 365 g/mol. The summed E-state index contributed by atoms with van der Waals surface area (Å²) < 4.78 is 39.8. The first-order valence-corrected chi connectivity index (χ1v) is 7.56. The van der Waals surface area contributed by atoms with Gasteiger partial charge in [-0.2, -0.15) is 13.2 Å². The van der Waals surface area contributed by atoms with Crippen molar-refractivity contribution in [1.82, 2.24) is 24.0 Å². The Balaban J connectivity index is 2.04. The molecule has 0 atom stereocenters. The van der Waals surface area contributed by atoms with Crippen LogP contribution < -0.4 is 5.69 Å². The fourth-order valence-corrected chi connectivity index (χ4v) is 2.57. The van der Waals surface area contributed by atoms with Gasteiger partial charge in [0.15, 0.2) is 0 Å². The van der Waals surface area contributed by atoms with Gasteiger partial charge in [-0.3, -0.25) is 9.36 Å². The maximum absolute atomic E-state index is 12.8. The highest BCUT2D eigenvalue weighted by molar-refractivity contribution is 5.81. The predicted octanol–water partition coefficient (Wildman–Crippen LogP) is 1.60. The number of nitrogens with zero attached hydrogens (tertiary/aromatic N) is 5. The molecule has 0 bridgehead atoms. The summed E-state index contributed by atoms with van der Waals surface area (Å²) in [5.74, 6) is -0.718. The van der Waals surface area contributed by atoms with Gasteiger partial charge in [0.2, 0.25) is 11.9 Å². The van der Waals surface area contributed by atoms with E-state index in [0.717, 1.165) is 11.6 Å². The fourth-order valence-electron chi connectivity index (χ4n) is 2.57. The van der Waals surface area contributed by atoms with Crippen LogP contribution in [0.25, 0.3) is 17.0 Å². The SMILES string of the molecule is CN(CC(F)(F)F)C(=O)Cn1c(=O)n(-c2ncccn2)c2ccccc21. The molecular weight excluding hydrogens is 351 g/mol. The third-order valence-electron chi connectivity index (χ3n) is 3.72. The molecule has 26 heavy (non-hydrogen) atoms. The van der Waals surface area contributed by atoms with Gasteiger partial charge in [-0.05, 0) is 18.2 Å². The molecule has 136 valence electrons. The van der Waals surface area contributed by atoms with E-state index >= 15 is 0 Å². The number of alkyl halides is 3. The first kappa shape index (κ1) is 17.6. The zero-order valence-electron chi connectivity index (χ0n) is 13.6. The van der Waals surface area contributed by atoms with Crippen LogP contribution in [0.1, 0.15) is 0 Å². The normalized spacial score (nSPS) is 11.7. The minimum absolute atomic E-state index is 0.114. The number of hydrogen-bond acceptors (Lipinski definition) is 4. The van der Waals surface area contributed by atoms with Gasteiger partial charge in [0.25, 0.3) is 0 Å². The number of carbonyl (C=O) groups excluding carboxylic acids is 1. The summed E-state index contributed by atoms with van der Waals surface area (Å²) in [6.07, 6.45) is -1.59. The Kier molecular flexibility index (Phi) is 4.49. The second-order valence-corrected chi connectivity index (χ2v) is 5.61. The number of fused-ring (bicyclic) bond motifs is 1. The molecule has 0 spiro atoms. The number of aromatic nitrogens is 4. The molecule has 0 aliphatic heterocycles. The Morgan fingerprint density at radius 1 is 1.12 bits per heavy atom. The molecule has 2 aromatic heterocycles. The van der Waals surface area contributed by atoms with Crippen LogP contribution >= 0.6 is 0 Å². The van der Waals surface area contributed by atoms with E-state index in [9.17, 15) is 22.8 Å². The summed E-state index contributed by atoms with van der Waals surface area (Å²) in [6.45, 7) is -1.91. The van der Waals surface area contributed by atoms with E-state index in [0.29, 0.717) is 15.9 Å². The van der Waals surface area contributed by atoms with Gasteiger partial charge < -0.3 is 4.90 Å². The van der Waals surface area contributed by atoms with Gasteiger partial charge in [-0.25, -0.2) is 19.3 Å². The molecule has 0 aliphatic rings. The Hall–Kier alpha value is -3.17. The van der Waals surface area contributed by atoms with E-state index in [1.165, 1.54) is 17.0 Å². The van der Waals surface area contributed by atoms with Gasteiger partial charge in [0, 0.05) is 19.4 Å². The molecule has 10 heteroatoms. The zero-order chi connectivity index (χ0) is 18.9. The van der Waals surface area contributed by atoms with Gasteiger partial charge in [0.05, 0.1) is 11.0 Å². The molecule has 0 fully saturated rings. The van der Waals surface area contributed by atoms with Crippen molar-refractivity contribution < 1.29 is 18.0 Å². The average Bonchev–Trinajstić information content (AvgIpc) is 2.86. The molecule has 3 aromatic rings. The lowest BCUT2D eigenvalue weighted by atomic mass is 10.3. The summed E-state index contributed by atoms with van der Waals surface area (Å²) >= 11 is 0. The lowest BCUT2D eigenvalue weighted by Gasteiger charge is -2.19. The third kappa shape index (κ3) is 3.44. The molecule has 0 radical (unpaired) electrons. The summed E-state index contributed by atoms with van der Waals surface area (Å²) in [4.78, 5) is 33.5. The molecule has 3 rings (SSSR count). The minimum atomic E-state index is -4.51. The standard InChI is InChI=1S/C16H14F3N5O2/c1-22(10-16(17,18)19)13(25)9-23-11-5-2-3-6-12(11)24(15(23)26)14-20-7-4-8-21-14/h2-8H,9-10H2,1H3. The van der Waals surface area contributed by atoms with Crippen LogP contribution in [0.2, 0.25) is 0 Å². The van der Waals surface area contributed by atoms with Crippen LogP contribution in [0.15, 0.2) is 47.5 Å². The molecule has 1 aromatic carbocycles. The van der Waals surface area contributed by atoms with Gasteiger partial charge in [-0.15, -0.1) is 0 Å². The molecule has 0 saturated heterocycles. The first-order valence-electron chi connectivity index (χ1n) is 7.56. The van der Waals surface area contributed by atoms with E-state index in [1.807, 2.05) is 0 Å². The van der Waals surface area contributed by atoms with Crippen molar-refractivity contribution >= 4 is 16.9 Å². The number of para-hydroxylation sites is 2. The van der Waals surface area contributed by atoms with E-state index in [4.69, 9.17) is 0 Å². The molecule has 0 saturated carbocycles. The molecule has 0 N–H and O–H groups in total. The van der Waals surface area contributed by atoms with Crippen LogP contribution in [0.3, 0.4) is 0 Å². The number of benzene rings is 1. The molecular formula is C16H14F3N5O2. The Bertz CT molecular complexity index is 995. The molecule has 0 unspecified atom stereocenters. The summed E-state index contributed by atoms with van der Waals surface area (Å²) in [5.41, 5.74) is 0.250. The second-order valence-electron chi connectivity index (χ2n) is 5.61.